The molecule has 0 spiro atoms. The summed E-state index contributed by atoms with van der Waals surface area (Å²) in [5.74, 6) is 0.800. The first-order valence-corrected chi connectivity index (χ1v) is 7.97. The van der Waals surface area contributed by atoms with Crippen molar-refractivity contribution in [2.24, 2.45) is 11.3 Å². The van der Waals surface area contributed by atoms with Crippen LogP contribution in [-0.4, -0.2) is 24.8 Å². The number of hydrogen-bond donors (Lipinski definition) is 1. The Morgan fingerprint density at radius 1 is 1.11 bits per heavy atom. The fraction of sp³-hybridized carbons (Fsp3) is 1.00. The first-order valence-electron chi connectivity index (χ1n) is 7.97. The van der Waals surface area contributed by atoms with Gasteiger partial charge in [-0.3, -0.25) is 0 Å². The van der Waals surface area contributed by atoms with Gasteiger partial charge in [0.25, 0.3) is 0 Å². The van der Waals surface area contributed by atoms with E-state index in [0.717, 1.165) is 12.3 Å². The van der Waals surface area contributed by atoms with Gasteiger partial charge in [0.15, 0.2) is 0 Å². The molecule has 19 heavy (non-hydrogen) atoms. The SMILES string of the molecule is COC(C)(C)CC(C)NC1CCCCC1C(C)(C)C. The molecule has 0 aromatic carbocycles. The van der Waals surface area contributed by atoms with E-state index in [0.29, 0.717) is 17.5 Å². The third kappa shape index (κ3) is 5.43. The molecule has 2 heteroatoms. The van der Waals surface area contributed by atoms with Gasteiger partial charge in [-0.15, -0.1) is 0 Å². The smallest absolute Gasteiger partial charge is 0.0637 e. The molecule has 1 aliphatic rings. The highest BCUT2D eigenvalue weighted by molar-refractivity contribution is 4.90. The second-order valence-electron chi connectivity index (χ2n) is 8.10. The summed E-state index contributed by atoms with van der Waals surface area (Å²) in [7, 11) is 1.81. The summed E-state index contributed by atoms with van der Waals surface area (Å²) in [4.78, 5) is 0. The van der Waals surface area contributed by atoms with Crippen molar-refractivity contribution in [3.63, 3.8) is 0 Å². The van der Waals surface area contributed by atoms with Gasteiger partial charge in [0.1, 0.15) is 0 Å². The molecule has 0 aromatic rings. The Morgan fingerprint density at radius 2 is 1.68 bits per heavy atom. The van der Waals surface area contributed by atoms with Gasteiger partial charge in [0, 0.05) is 19.2 Å². The van der Waals surface area contributed by atoms with Crippen molar-refractivity contribution in [3.05, 3.63) is 0 Å². The highest BCUT2D eigenvalue weighted by Gasteiger charge is 2.35. The first kappa shape index (κ1) is 17.0. The molecule has 2 nitrogen and oxygen atoms in total. The van der Waals surface area contributed by atoms with Gasteiger partial charge >= 0.3 is 0 Å². The van der Waals surface area contributed by atoms with Crippen molar-refractivity contribution in [1.82, 2.24) is 5.32 Å². The highest BCUT2D eigenvalue weighted by Crippen LogP contribution is 2.38. The van der Waals surface area contributed by atoms with E-state index < -0.39 is 0 Å². The Balaban J connectivity index is 2.58. The minimum atomic E-state index is -0.0295. The predicted octanol–water partition coefficient (Wildman–Crippen LogP) is 4.38. The molecule has 3 unspecified atom stereocenters. The van der Waals surface area contributed by atoms with Gasteiger partial charge in [-0.05, 0) is 51.4 Å². The van der Waals surface area contributed by atoms with E-state index in [1.807, 2.05) is 7.11 Å². The highest BCUT2D eigenvalue weighted by atomic mass is 16.5. The summed E-state index contributed by atoms with van der Waals surface area (Å²) in [6.45, 7) is 13.8. The van der Waals surface area contributed by atoms with Crippen molar-refractivity contribution in [2.45, 2.75) is 91.3 Å². The van der Waals surface area contributed by atoms with E-state index in [4.69, 9.17) is 4.74 Å². The molecule has 1 rings (SSSR count). The monoisotopic (exact) mass is 269 g/mol. The molecule has 1 fully saturated rings. The largest absolute Gasteiger partial charge is 0.379 e. The topological polar surface area (TPSA) is 21.3 Å². The molecular formula is C17H35NO. The Morgan fingerprint density at radius 3 is 2.21 bits per heavy atom. The molecule has 1 N–H and O–H groups in total. The molecule has 0 radical (unpaired) electrons. The van der Waals surface area contributed by atoms with Crippen molar-refractivity contribution < 1.29 is 4.74 Å². The van der Waals surface area contributed by atoms with E-state index in [1.165, 1.54) is 25.7 Å². The molecule has 0 amide bonds. The zero-order valence-corrected chi connectivity index (χ0v) is 14.2. The van der Waals surface area contributed by atoms with Gasteiger partial charge in [0.2, 0.25) is 0 Å². The third-order valence-electron chi connectivity index (χ3n) is 4.73. The lowest BCUT2D eigenvalue weighted by molar-refractivity contribution is 0.00488. The van der Waals surface area contributed by atoms with Crippen molar-refractivity contribution in [2.75, 3.05) is 7.11 Å². The van der Waals surface area contributed by atoms with Gasteiger partial charge in [-0.25, -0.2) is 0 Å². The van der Waals surface area contributed by atoms with Crippen LogP contribution >= 0.6 is 0 Å². The van der Waals surface area contributed by atoms with Crippen LogP contribution in [-0.2, 0) is 4.74 Å². The fourth-order valence-corrected chi connectivity index (χ4v) is 3.61. The third-order valence-corrected chi connectivity index (χ3v) is 4.73. The zero-order chi connectivity index (χ0) is 14.7. The Bertz CT molecular complexity index is 267. The summed E-state index contributed by atoms with van der Waals surface area (Å²) in [5.41, 5.74) is 0.382. The van der Waals surface area contributed by atoms with Crippen LogP contribution < -0.4 is 5.32 Å². The minimum Gasteiger partial charge on any atom is -0.379 e. The van der Waals surface area contributed by atoms with Crippen LogP contribution in [0, 0.1) is 11.3 Å². The van der Waals surface area contributed by atoms with Crippen LogP contribution in [0.25, 0.3) is 0 Å². The number of ether oxygens (including phenoxy) is 1. The molecule has 0 aliphatic heterocycles. The average Bonchev–Trinajstić information content (AvgIpc) is 2.27. The van der Waals surface area contributed by atoms with Crippen LogP contribution in [0.15, 0.2) is 0 Å². The standard InChI is InChI=1S/C17H35NO/c1-13(12-17(5,6)19-7)18-15-11-9-8-10-14(15)16(2,3)4/h13-15,18H,8-12H2,1-7H3. The van der Waals surface area contributed by atoms with Gasteiger partial charge in [-0.1, -0.05) is 33.6 Å². The van der Waals surface area contributed by atoms with Crippen molar-refractivity contribution >= 4 is 0 Å². The Kier molecular flexibility index (Phi) is 5.88. The van der Waals surface area contributed by atoms with Crippen molar-refractivity contribution in [3.8, 4) is 0 Å². The first-order chi connectivity index (χ1) is 8.65. The summed E-state index contributed by atoms with van der Waals surface area (Å²) in [6.07, 6.45) is 6.56. The molecule has 0 saturated heterocycles. The molecule has 1 saturated carbocycles. The normalized spacial score (nSPS) is 27.3. The second kappa shape index (κ2) is 6.58. The Labute approximate surface area is 120 Å². The van der Waals surface area contributed by atoms with E-state index in [2.05, 4.69) is 46.9 Å². The molecule has 0 bridgehead atoms. The maximum atomic E-state index is 5.55. The number of hydrogen-bond acceptors (Lipinski definition) is 2. The zero-order valence-electron chi connectivity index (χ0n) is 14.2. The molecule has 0 aromatic heterocycles. The van der Waals surface area contributed by atoms with Crippen LogP contribution in [0.1, 0.15) is 73.6 Å². The van der Waals surface area contributed by atoms with Gasteiger partial charge in [-0.2, -0.15) is 0 Å². The van der Waals surface area contributed by atoms with Gasteiger partial charge in [0.05, 0.1) is 5.60 Å². The van der Waals surface area contributed by atoms with Crippen LogP contribution in [0.5, 0.6) is 0 Å². The minimum absolute atomic E-state index is 0.0295. The maximum Gasteiger partial charge on any atom is 0.0637 e. The quantitative estimate of drug-likeness (QED) is 0.799. The molecule has 3 atom stereocenters. The van der Waals surface area contributed by atoms with E-state index in [-0.39, 0.29) is 5.60 Å². The number of nitrogens with one attached hydrogen (secondary N) is 1. The van der Waals surface area contributed by atoms with Crippen molar-refractivity contribution in [1.29, 1.82) is 0 Å². The molecule has 114 valence electrons. The van der Waals surface area contributed by atoms with Crippen LogP contribution in [0.3, 0.4) is 0 Å². The summed E-state index contributed by atoms with van der Waals surface area (Å²) in [6, 6.07) is 1.19. The lowest BCUT2D eigenvalue weighted by Gasteiger charge is -2.42. The maximum absolute atomic E-state index is 5.55. The van der Waals surface area contributed by atoms with Crippen LogP contribution in [0.2, 0.25) is 0 Å². The van der Waals surface area contributed by atoms with Crippen LogP contribution in [0.4, 0.5) is 0 Å². The predicted molar refractivity (Wildman–Crippen MR) is 83.5 cm³/mol. The summed E-state index contributed by atoms with van der Waals surface area (Å²) in [5, 5.41) is 3.89. The second-order valence-corrected chi connectivity index (χ2v) is 8.10. The molecule has 1 aliphatic carbocycles. The van der Waals surface area contributed by atoms with E-state index in [1.54, 1.807) is 0 Å². The summed E-state index contributed by atoms with van der Waals surface area (Å²) >= 11 is 0. The average molecular weight is 269 g/mol. The molecular weight excluding hydrogens is 234 g/mol. The Hall–Kier alpha value is -0.0800. The molecule has 0 heterocycles. The van der Waals surface area contributed by atoms with Gasteiger partial charge < -0.3 is 10.1 Å². The summed E-state index contributed by atoms with van der Waals surface area (Å²) < 4.78 is 5.55. The number of rotatable bonds is 5. The van der Waals surface area contributed by atoms with E-state index >= 15 is 0 Å². The lowest BCUT2D eigenvalue weighted by atomic mass is 9.69. The lowest BCUT2D eigenvalue weighted by Crippen LogP contribution is -2.49. The fourth-order valence-electron chi connectivity index (χ4n) is 3.61. The van der Waals surface area contributed by atoms with E-state index in [9.17, 15) is 0 Å². The number of methoxy groups -OCH3 is 1.